The zero-order valence-electron chi connectivity index (χ0n) is 11.0. The monoisotopic (exact) mass is 311 g/mol. The van der Waals surface area contributed by atoms with E-state index in [2.05, 4.69) is 0 Å². The van der Waals surface area contributed by atoms with Gasteiger partial charge in [-0.05, 0) is 18.2 Å². The van der Waals surface area contributed by atoms with Crippen LogP contribution in [0.3, 0.4) is 0 Å². The van der Waals surface area contributed by atoms with Gasteiger partial charge in [0.25, 0.3) is 10.1 Å². The zero-order chi connectivity index (χ0) is 14.5. The van der Waals surface area contributed by atoms with Gasteiger partial charge in [0.2, 0.25) is 0 Å². The number of hydrogen-bond donors (Lipinski definition) is 1. The Kier molecular flexibility index (Phi) is 4.19. The van der Waals surface area contributed by atoms with Crippen LogP contribution in [0.1, 0.15) is 31.8 Å². The van der Waals surface area contributed by atoms with Gasteiger partial charge in [0.15, 0.2) is 11.6 Å². The molecule has 0 radical (unpaired) electrons. The van der Waals surface area contributed by atoms with E-state index in [0.717, 1.165) is 12.1 Å². The molecule has 7 heteroatoms. The molecular formula is C14H8NaO5S+. The molecule has 0 bridgehead atoms. The molecule has 0 unspecified atom stereocenters. The molecule has 0 aliphatic heterocycles. The number of hydrogen-bond acceptors (Lipinski definition) is 4. The summed E-state index contributed by atoms with van der Waals surface area (Å²) in [5.41, 5.74) is 0.659. The van der Waals surface area contributed by atoms with E-state index in [1.54, 1.807) is 18.2 Å². The third-order valence-corrected chi connectivity index (χ3v) is 4.04. The Bertz CT molecular complexity index is 871. The Balaban J connectivity index is 0.00000161. The fourth-order valence-corrected chi connectivity index (χ4v) is 2.75. The van der Waals surface area contributed by atoms with Crippen molar-refractivity contribution in [3.8, 4) is 0 Å². The van der Waals surface area contributed by atoms with Gasteiger partial charge in [-0.15, -0.1) is 0 Å². The molecule has 0 atom stereocenters. The van der Waals surface area contributed by atoms with Gasteiger partial charge >= 0.3 is 29.6 Å². The first-order valence-electron chi connectivity index (χ1n) is 5.69. The fraction of sp³-hybridized carbons (Fsp3) is 0. The van der Waals surface area contributed by atoms with Crippen molar-refractivity contribution >= 4 is 21.7 Å². The summed E-state index contributed by atoms with van der Waals surface area (Å²) in [4.78, 5) is 24.1. The molecule has 0 saturated heterocycles. The van der Waals surface area contributed by atoms with Crippen molar-refractivity contribution < 1.29 is 52.1 Å². The number of ketones is 2. The first-order valence-corrected chi connectivity index (χ1v) is 7.13. The predicted molar refractivity (Wildman–Crippen MR) is 69.6 cm³/mol. The molecular weight excluding hydrogens is 303 g/mol. The third-order valence-electron chi connectivity index (χ3n) is 3.19. The Morgan fingerprint density at radius 2 is 1.24 bits per heavy atom. The third kappa shape index (κ3) is 2.61. The maximum absolute atomic E-state index is 12.3. The molecule has 2 aromatic rings. The summed E-state index contributed by atoms with van der Waals surface area (Å²) < 4.78 is 31.2. The standard InChI is InChI=1S/C14H8O5S.Na/c15-13-9-3-1-2-4-10(9)14(16)12-7-8(20(17,18)19)5-6-11(12)13;/h1-7H,(H,17,18,19);/q;+1. The van der Waals surface area contributed by atoms with Crippen molar-refractivity contribution in [1.29, 1.82) is 0 Å². The maximum Gasteiger partial charge on any atom is 1.00 e. The zero-order valence-corrected chi connectivity index (χ0v) is 13.8. The molecule has 3 rings (SSSR count). The molecule has 0 saturated carbocycles. The maximum atomic E-state index is 12.3. The van der Waals surface area contributed by atoms with Crippen molar-refractivity contribution in [3.63, 3.8) is 0 Å². The van der Waals surface area contributed by atoms with Crippen LogP contribution < -0.4 is 29.6 Å². The molecule has 100 valence electrons. The van der Waals surface area contributed by atoms with Gasteiger partial charge in [-0.2, -0.15) is 8.42 Å². The van der Waals surface area contributed by atoms with Crippen LogP contribution in [0.4, 0.5) is 0 Å². The average Bonchev–Trinajstić information content (AvgIpc) is 2.43. The second kappa shape index (κ2) is 5.47. The molecule has 21 heavy (non-hydrogen) atoms. The van der Waals surface area contributed by atoms with Crippen molar-refractivity contribution in [3.05, 3.63) is 64.7 Å². The normalized spacial score (nSPS) is 13.2. The number of fused-ring (bicyclic) bond motifs is 2. The largest absolute Gasteiger partial charge is 1.00 e. The molecule has 1 aliphatic rings. The Hall–Kier alpha value is -1.31. The van der Waals surface area contributed by atoms with Gasteiger partial charge in [0.05, 0.1) is 4.90 Å². The van der Waals surface area contributed by atoms with Crippen LogP contribution in [0.25, 0.3) is 0 Å². The van der Waals surface area contributed by atoms with Crippen LogP contribution in [-0.2, 0) is 10.1 Å². The van der Waals surface area contributed by atoms with Crippen LogP contribution in [0.15, 0.2) is 47.4 Å². The van der Waals surface area contributed by atoms with Gasteiger partial charge in [-0.25, -0.2) is 0 Å². The molecule has 0 spiro atoms. The second-order valence-corrected chi connectivity index (χ2v) is 5.81. The van der Waals surface area contributed by atoms with E-state index in [0.29, 0.717) is 5.56 Å². The minimum Gasteiger partial charge on any atom is -0.289 e. The summed E-state index contributed by atoms with van der Waals surface area (Å²) in [6.45, 7) is 0. The predicted octanol–water partition coefficient (Wildman–Crippen LogP) is -1.29. The van der Waals surface area contributed by atoms with E-state index in [4.69, 9.17) is 4.55 Å². The molecule has 0 heterocycles. The van der Waals surface area contributed by atoms with Crippen LogP contribution in [0.2, 0.25) is 0 Å². The summed E-state index contributed by atoms with van der Waals surface area (Å²) in [6, 6.07) is 9.72. The van der Waals surface area contributed by atoms with Crippen molar-refractivity contribution in [2.45, 2.75) is 4.90 Å². The average molecular weight is 311 g/mol. The molecule has 0 fully saturated rings. The van der Waals surface area contributed by atoms with Gasteiger partial charge in [-0.1, -0.05) is 24.3 Å². The SMILES string of the molecule is O=C1c2ccccc2C(=O)c2cc(S(=O)(=O)O)ccc21.[Na+]. The summed E-state index contributed by atoms with van der Waals surface area (Å²) >= 11 is 0. The first-order chi connectivity index (χ1) is 9.39. The summed E-state index contributed by atoms with van der Waals surface area (Å²) in [5, 5.41) is 0. The Labute approximate surface area is 143 Å². The molecule has 1 N–H and O–H groups in total. The Morgan fingerprint density at radius 3 is 1.76 bits per heavy atom. The van der Waals surface area contributed by atoms with E-state index >= 15 is 0 Å². The number of rotatable bonds is 1. The van der Waals surface area contributed by atoms with Gasteiger partial charge in [0, 0.05) is 22.3 Å². The Morgan fingerprint density at radius 1 is 0.762 bits per heavy atom. The van der Waals surface area contributed by atoms with E-state index in [1.807, 2.05) is 0 Å². The van der Waals surface area contributed by atoms with Crippen molar-refractivity contribution in [2.75, 3.05) is 0 Å². The topological polar surface area (TPSA) is 88.5 Å². The summed E-state index contributed by atoms with van der Waals surface area (Å²) in [7, 11) is -4.42. The van der Waals surface area contributed by atoms with Gasteiger partial charge in [0.1, 0.15) is 0 Å². The number of carbonyl (C=O) groups is 2. The van der Waals surface area contributed by atoms with Crippen molar-refractivity contribution in [2.24, 2.45) is 0 Å². The number of carbonyl (C=O) groups excluding carboxylic acids is 2. The molecule has 0 amide bonds. The van der Waals surface area contributed by atoms with Crippen LogP contribution in [0, 0.1) is 0 Å². The second-order valence-electron chi connectivity index (χ2n) is 4.39. The summed E-state index contributed by atoms with van der Waals surface area (Å²) in [5.74, 6) is -0.766. The van der Waals surface area contributed by atoms with Crippen LogP contribution in [0.5, 0.6) is 0 Å². The van der Waals surface area contributed by atoms with Gasteiger partial charge in [-0.3, -0.25) is 14.1 Å². The van der Waals surface area contributed by atoms with Gasteiger partial charge < -0.3 is 0 Å². The number of benzene rings is 2. The van der Waals surface area contributed by atoms with E-state index in [1.165, 1.54) is 12.1 Å². The minimum atomic E-state index is -4.42. The van der Waals surface area contributed by atoms with E-state index in [-0.39, 0.29) is 52.0 Å². The molecule has 0 aromatic heterocycles. The first kappa shape index (κ1) is 16.1. The minimum absolute atomic E-state index is 0. The fourth-order valence-electron chi connectivity index (χ4n) is 2.24. The molecule has 2 aromatic carbocycles. The van der Waals surface area contributed by atoms with Crippen LogP contribution in [-0.4, -0.2) is 24.5 Å². The van der Waals surface area contributed by atoms with Crippen molar-refractivity contribution in [1.82, 2.24) is 0 Å². The van der Waals surface area contributed by atoms with Crippen LogP contribution >= 0.6 is 0 Å². The molecule has 1 aliphatic carbocycles. The van der Waals surface area contributed by atoms with E-state index < -0.39 is 20.8 Å². The smallest absolute Gasteiger partial charge is 0.289 e. The van der Waals surface area contributed by atoms with E-state index in [9.17, 15) is 18.0 Å². The molecule has 5 nitrogen and oxygen atoms in total. The quantitative estimate of drug-likeness (QED) is 0.446. The summed E-state index contributed by atoms with van der Waals surface area (Å²) in [6.07, 6.45) is 0.